The lowest BCUT2D eigenvalue weighted by Gasteiger charge is -2.17. The minimum atomic E-state index is -0.112. The zero-order chi connectivity index (χ0) is 19.1. The molecule has 1 saturated heterocycles. The lowest BCUT2D eigenvalue weighted by molar-refractivity contribution is 0.0780. The third kappa shape index (κ3) is 3.07. The van der Waals surface area contributed by atoms with Gasteiger partial charge in [0.05, 0.1) is 7.11 Å². The first-order valence-electron chi connectivity index (χ1n) is 8.92. The van der Waals surface area contributed by atoms with Crippen molar-refractivity contribution >= 4 is 28.4 Å². The van der Waals surface area contributed by atoms with Crippen molar-refractivity contribution in [3.8, 4) is 5.75 Å². The summed E-state index contributed by atoms with van der Waals surface area (Å²) in [7, 11) is 3.54. The molecule has 0 saturated carbocycles. The second-order valence-electron chi connectivity index (χ2n) is 7.02. The number of benzene rings is 2. The lowest BCUT2D eigenvalue weighted by atomic mass is 9.95. The molecule has 1 amide bonds. The second-order valence-corrected chi connectivity index (χ2v) is 7.43. The van der Waals surface area contributed by atoms with Gasteiger partial charge in [0.15, 0.2) is 0 Å². The van der Waals surface area contributed by atoms with Crippen LogP contribution in [0.1, 0.15) is 22.0 Å². The number of aryl methyl sites for hydroxylation is 1. The maximum Gasteiger partial charge on any atom is 0.270 e. The summed E-state index contributed by atoms with van der Waals surface area (Å²) in [6.07, 6.45) is 0. The SMILES string of the molecule is COc1cccc(C2CN(C(=O)c3cc4c(Cl)cccc4n3C)CC2N)c1. The summed E-state index contributed by atoms with van der Waals surface area (Å²) in [4.78, 5) is 15.0. The van der Waals surface area contributed by atoms with Gasteiger partial charge >= 0.3 is 0 Å². The smallest absolute Gasteiger partial charge is 0.270 e. The van der Waals surface area contributed by atoms with E-state index < -0.39 is 0 Å². The van der Waals surface area contributed by atoms with Crippen LogP contribution >= 0.6 is 11.6 Å². The molecule has 2 atom stereocenters. The summed E-state index contributed by atoms with van der Waals surface area (Å²) >= 11 is 6.29. The van der Waals surface area contributed by atoms with Crippen LogP contribution in [0.4, 0.5) is 0 Å². The number of likely N-dealkylation sites (tertiary alicyclic amines) is 1. The van der Waals surface area contributed by atoms with Crippen LogP contribution in [0.25, 0.3) is 10.9 Å². The Kier molecular flexibility index (Phi) is 4.58. The molecule has 0 aliphatic carbocycles. The molecular weight excluding hydrogens is 362 g/mol. The number of nitrogens with two attached hydrogens (primary N) is 1. The van der Waals surface area contributed by atoms with Crippen LogP contribution in [0.2, 0.25) is 5.02 Å². The number of ether oxygens (including phenoxy) is 1. The van der Waals surface area contributed by atoms with Crippen LogP contribution in [0.3, 0.4) is 0 Å². The zero-order valence-electron chi connectivity index (χ0n) is 15.4. The molecule has 1 fully saturated rings. The Morgan fingerprint density at radius 2 is 1.96 bits per heavy atom. The Morgan fingerprint density at radius 1 is 1.19 bits per heavy atom. The summed E-state index contributed by atoms with van der Waals surface area (Å²) in [5, 5.41) is 1.53. The summed E-state index contributed by atoms with van der Waals surface area (Å²) < 4.78 is 7.21. The molecule has 2 N–H and O–H groups in total. The van der Waals surface area contributed by atoms with Crippen molar-refractivity contribution in [2.24, 2.45) is 12.8 Å². The van der Waals surface area contributed by atoms with Gasteiger partial charge in [-0.2, -0.15) is 0 Å². The predicted octanol–water partition coefficient (Wildman–Crippen LogP) is 3.41. The molecule has 27 heavy (non-hydrogen) atoms. The number of nitrogens with zero attached hydrogens (tertiary/aromatic N) is 2. The number of hydrogen-bond donors (Lipinski definition) is 1. The van der Waals surface area contributed by atoms with Gasteiger partial charge in [0.25, 0.3) is 5.91 Å². The standard InChI is InChI=1S/C21H22ClN3O2/c1-24-19-8-4-7-17(22)15(19)10-20(24)21(26)25-11-16(18(23)12-25)13-5-3-6-14(9-13)27-2/h3-10,16,18H,11-12,23H2,1-2H3. The average molecular weight is 384 g/mol. The van der Waals surface area contributed by atoms with E-state index in [1.54, 1.807) is 7.11 Å². The topological polar surface area (TPSA) is 60.5 Å². The van der Waals surface area contributed by atoms with E-state index in [0.29, 0.717) is 23.8 Å². The van der Waals surface area contributed by atoms with Gasteiger partial charge in [-0.25, -0.2) is 0 Å². The predicted molar refractivity (Wildman–Crippen MR) is 108 cm³/mol. The van der Waals surface area contributed by atoms with Crippen molar-refractivity contribution in [3.05, 3.63) is 64.8 Å². The van der Waals surface area contributed by atoms with Gasteiger partial charge < -0.3 is 19.9 Å². The second kappa shape index (κ2) is 6.91. The summed E-state index contributed by atoms with van der Waals surface area (Å²) in [5.74, 6) is 0.862. The van der Waals surface area contributed by atoms with Crippen LogP contribution in [0.5, 0.6) is 5.75 Å². The van der Waals surface area contributed by atoms with Crippen molar-refractivity contribution in [2.45, 2.75) is 12.0 Å². The minimum absolute atomic E-state index is 0.0226. The number of amides is 1. The van der Waals surface area contributed by atoms with E-state index >= 15 is 0 Å². The molecule has 1 aromatic heterocycles. The first-order chi connectivity index (χ1) is 13.0. The highest BCUT2D eigenvalue weighted by molar-refractivity contribution is 6.35. The number of hydrogen-bond acceptors (Lipinski definition) is 3. The van der Waals surface area contributed by atoms with Crippen molar-refractivity contribution in [1.82, 2.24) is 9.47 Å². The van der Waals surface area contributed by atoms with E-state index in [1.165, 1.54) is 0 Å². The maximum atomic E-state index is 13.2. The number of carbonyl (C=O) groups is 1. The maximum absolute atomic E-state index is 13.2. The Labute approximate surface area is 163 Å². The van der Waals surface area contributed by atoms with Gasteiger partial charge in [-0.3, -0.25) is 4.79 Å². The third-order valence-electron chi connectivity index (χ3n) is 5.43. The highest BCUT2D eigenvalue weighted by Gasteiger charge is 2.35. The quantitative estimate of drug-likeness (QED) is 0.754. The van der Waals surface area contributed by atoms with E-state index in [4.69, 9.17) is 22.1 Å². The fourth-order valence-electron chi connectivity index (χ4n) is 3.91. The van der Waals surface area contributed by atoms with E-state index in [1.807, 2.05) is 65.0 Å². The average Bonchev–Trinajstić information content (AvgIpc) is 3.23. The van der Waals surface area contributed by atoms with Crippen LogP contribution in [-0.4, -0.2) is 41.6 Å². The lowest BCUT2D eigenvalue weighted by Crippen LogP contribution is -2.33. The van der Waals surface area contributed by atoms with E-state index in [2.05, 4.69) is 0 Å². The summed E-state index contributed by atoms with van der Waals surface area (Å²) in [6.45, 7) is 1.11. The largest absolute Gasteiger partial charge is 0.497 e. The van der Waals surface area contributed by atoms with Gasteiger partial charge in [0.1, 0.15) is 11.4 Å². The molecule has 0 bridgehead atoms. The molecule has 3 aromatic rings. The van der Waals surface area contributed by atoms with Gasteiger partial charge in [-0.05, 0) is 35.9 Å². The van der Waals surface area contributed by atoms with Crippen molar-refractivity contribution in [3.63, 3.8) is 0 Å². The number of aromatic nitrogens is 1. The number of rotatable bonds is 3. The van der Waals surface area contributed by atoms with E-state index in [9.17, 15) is 4.79 Å². The van der Waals surface area contributed by atoms with Gasteiger partial charge in [0, 0.05) is 48.0 Å². The fraction of sp³-hybridized carbons (Fsp3) is 0.286. The van der Waals surface area contributed by atoms with Crippen LogP contribution in [0.15, 0.2) is 48.5 Å². The number of fused-ring (bicyclic) bond motifs is 1. The molecule has 0 radical (unpaired) electrons. The Bertz CT molecular complexity index is 1010. The normalized spacial score (nSPS) is 19.6. The van der Waals surface area contributed by atoms with Crippen molar-refractivity contribution < 1.29 is 9.53 Å². The molecular formula is C21H22ClN3O2. The summed E-state index contributed by atoms with van der Waals surface area (Å²) in [6, 6.07) is 15.3. The van der Waals surface area contributed by atoms with Crippen LogP contribution in [0, 0.1) is 0 Å². The first-order valence-corrected chi connectivity index (χ1v) is 9.30. The highest BCUT2D eigenvalue weighted by atomic mass is 35.5. The Hall–Kier alpha value is -2.50. The highest BCUT2D eigenvalue weighted by Crippen LogP contribution is 2.31. The van der Waals surface area contributed by atoms with Gasteiger partial charge in [-0.15, -0.1) is 0 Å². The first kappa shape index (κ1) is 17.9. The molecule has 140 valence electrons. The van der Waals surface area contributed by atoms with E-state index in [-0.39, 0.29) is 17.9 Å². The Balaban J connectivity index is 1.62. The monoisotopic (exact) mass is 383 g/mol. The van der Waals surface area contributed by atoms with Crippen LogP contribution < -0.4 is 10.5 Å². The molecule has 5 nitrogen and oxygen atoms in total. The third-order valence-corrected chi connectivity index (χ3v) is 5.76. The Morgan fingerprint density at radius 3 is 2.70 bits per heavy atom. The van der Waals surface area contributed by atoms with E-state index in [0.717, 1.165) is 22.2 Å². The molecule has 0 spiro atoms. The zero-order valence-corrected chi connectivity index (χ0v) is 16.1. The molecule has 2 unspecified atom stereocenters. The number of carbonyl (C=O) groups excluding carboxylic acids is 1. The molecule has 2 heterocycles. The van der Waals surface area contributed by atoms with Crippen LogP contribution in [-0.2, 0) is 7.05 Å². The molecule has 1 aliphatic heterocycles. The van der Waals surface area contributed by atoms with Crippen molar-refractivity contribution in [1.29, 1.82) is 0 Å². The van der Waals surface area contributed by atoms with Gasteiger partial charge in [-0.1, -0.05) is 29.8 Å². The summed E-state index contributed by atoms with van der Waals surface area (Å²) in [5.41, 5.74) is 9.04. The fourth-order valence-corrected chi connectivity index (χ4v) is 4.14. The molecule has 2 aromatic carbocycles. The van der Waals surface area contributed by atoms with Crippen molar-refractivity contribution in [2.75, 3.05) is 20.2 Å². The number of halogens is 1. The minimum Gasteiger partial charge on any atom is -0.497 e. The van der Waals surface area contributed by atoms with Gasteiger partial charge in [0.2, 0.25) is 0 Å². The molecule has 1 aliphatic rings. The number of methoxy groups -OCH3 is 1. The molecule has 6 heteroatoms. The molecule has 4 rings (SSSR count).